The Bertz CT molecular complexity index is 1600. The Morgan fingerprint density at radius 1 is 0.538 bits per heavy atom. The van der Waals surface area contributed by atoms with E-state index in [0.29, 0.717) is 0 Å². The number of aromatic nitrogens is 2. The highest BCUT2D eigenvalue weighted by Gasteiger charge is 2.53. The van der Waals surface area contributed by atoms with Crippen LogP contribution in [0.25, 0.3) is 0 Å². The van der Waals surface area contributed by atoms with Crippen molar-refractivity contribution < 1.29 is 0 Å². The fourth-order valence-electron chi connectivity index (χ4n) is 6.90. The van der Waals surface area contributed by atoms with Crippen LogP contribution in [0.2, 0.25) is 0 Å². The molecule has 0 saturated carbocycles. The normalized spacial score (nSPS) is 16.7. The summed E-state index contributed by atoms with van der Waals surface area (Å²) in [6, 6.07) is 45.6. The van der Waals surface area contributed by atoms with Crippen molar-refractivity contribution >= 4 is 40.2 Å². The molecule has 4 aromatic carbocycles. The summed E-state index contributed by atoms with van der Waals surface area (Å²) in [4.78, 5) is 12.2. The van der Waals surface area contributed by atoms with Gasteiger partial charge in [0.1, 0.15) is 0 Å². The van der Waals surface area contributed by atoms with Gasteiger partial charge in [-0.05, 0) is 58.6 Å². The number of benzene rings is 4. The van der Waals surface area contributed by atoms with Crippen molar-refractivity contribution in [3.8, 4) is 0 Å². The van der Waals surface area contributed by atoms with Gasteiger partial charge in [0.25, 0.3) is 0 Å². The average Bonchev–Trinajstić information content (AvgIpc) is 3.02. The predicted molar refractivity (Wildman–Crippen MR) is 160 cm³/mol. The molecule has 2 aliphatic rings. The molecule has 0 bridgehead atoms. The summed E-state index contributed by atoms with van der Waals surface area (Å²) >= 11 is 0. The second kappa shape index (κ2) is 8.54. The maximum Gasteiger partial charge on any atom is 0.244 e. The summed E-state index contributed by atoms with van der Waals surface area (Å²) < 4.78 is 0. The molecule has 8 rings (SSSR count). The Labute approximate surface area is 228 Å². The molecule has 3 nitrogen and oxygen atoms in total. The van der Waals surface area contributed by atoms with Gasteiger partial charge >= 0.3 is 0 Å². The van der Waals surface area contributed by atoms with Gasteiger partial charge in [0.15, 0.2) is 0 Å². The molecule has 0 fully saturated rings. The van der Waals surface area contributed by atoms with E-state index >= 15 is 0 Å². The van der Waals surface area contributed by atoms with Gasteiger partial charge in [0.05, 0.1) is 22.5 Å². The molecule has 1 unspecified atom stereocenters. The molecule has 4 heteroatoms. The van der Waals surface area contributed by atoms with Gasteiger partial charge in [0.2, 0.25) is 6.71 Å². The van der Waals surface area contributed by atoms with Gasteiger partial charge in [-0.2, -0.15) is 0 Å². The zero-order chi connectivity index (χ0) is 25.8. The Kier molecular flexibility index (Phi) is 4.83. The van der Waals surface area contributed by atoms with Crippen molar-refractivity contribution in [3.63, 3.8) is 0 Å². The molecule has 4 heterocycles. The van der Waals surface area contributed by atoms with Crippen molar-refractivity contribution in [1.82, 2.24) is 9.97 Å². The Hall–Kier alpha value is -4.96. The monoisotopic (exact) mass is 497 g/mol. The molecule has 0 aliphatic carbocycles. The maximum absolute atomic E-state index is 5.20. The van der Waals surface area contributed by atoms with Crippen LogP contribution in [0.15, 0.2) is 146 Å². The molecule has 2 aliphatic heterocycles. The van der Waals surface area contributed by atoms with Crippen LogP contribution >= 0.6 is 0 Å². The van der Waals surface area contributed by atoms with Gasteiger partial charge in [0, 0.05) is 24.3 Å². The van der Waals surface area contributed by atoms with Crippen LogP contribution in [0.4, 0.5) is 17.1 Å². The Morgan fingerprint density at radius 3 is 2.05 bits per heavy atom. The third kappa shape index (κ3) is 3.00. The van der Waals surface area contributed by atoms with Crippen LogP contribution in [0, 0.1) is 0 Å². The highest BCUT2D eigenvalue weighted by Crippen LogP contribution is 2.56. The number of nitrogens with zero attached hydrogens (tertiary/aromatic N) is 3. The standard InChI is InChI=1S/C35H24BN3/c1-3-12-25(13-4-1)36-30-18-9-7-16-27(30)35(28-21-23-37-24-31(28)36)29-17-8-10-19-32(29)39(26-14-5-2-6-15-26)33-20-11-22-38-34(33)35/h1-24H. The Morgan fingerprint density at radius 2 is 1.21 bits per heavy atom. The minimum atomic E-state index is -0.585. The molecular formula is C35H24BN3. The number of pyridine rings is 2. The summed E-state index contributed by atoms with van der Waals surface area (Å²) in [6.45, 7) is 0.0863. The van der Waals surface area contributed by atoms with E-state index in [4.69, 9.17) is 4.98 Å². The number of para-hydroxylation sites is 2. The third-order valence-electron chi connectivity index (χ3n) is 8.32. The number of hydrogen-bond donors (Lipinski definition) is 0. The van der Waals surface area contributed by atoms with Crippen LogP contribution in [0.1, 0.15) is 22.4 Å². The molecule has 6 aromatic rings. The van der Waals surface area contributed by atoms with E-state index in [0.717, 1.165) is 17.1 Å². The molecule has 0 radical (unpaired) electrons. The van der Waals surface area contributed by atoms with Crippen LogP contribution in [-0.4, -0.2) is 16.7 Å². The van der Waals surface area contributed by atoms with E-state index in [1.165, 1.54) is 38.8 Å². The predicted octanol–water partition coefficient (Wildman–Crippen LogP) is 5.47. The average molecular weight is 497 g/mol. The number of fused-ring (bicyclic) bond motifs is 8. The van der Waals surface area contributed by atoms with Gasteiger partial charge in [-0.25, -0.2) is 0 Å². The zero-order valence-electron chi connectivity index (χ0n) is 21.3. The summed E-state index contributed by atoms with van der Waals surface area (Å²) in [5.74, 6) is 0. The van der Waals surface area contributed by atoms with Crippen molar-refractivity contribution in [2.45, 2.75) is 5.41 Å². The lowest BCUT2D eigenvalue weighted by molar-refractivity contribution is 0.705. The van der Waals surface area contributed by atoms with E-state index in [9.17, 15) is 0 Å². The first-order valence-corrected chi connectivity index (χ1v) is 13.4. The lowest BCUT2D eigenvalue weighted by Crippen LogP contribution is -2.62. The molecular weight excluding hydrogens is 473 g/mol. The SMILES string of the molecule is c1ccc(B2c3ccccc3C3(c4ccncc42)c2ccccc2N(c2ccccc2)c2cccnc23)cc1. The molecule has 1 spiro atoms. The first kappa shape index (κ1) is 22.1. The molecule has 0 N–H and O–H groups in total. The summed E-state index contributed by atoms with van der Waals surface area (Å²) in [5.41, 5.74) is 11.4. The molecule has 39 heavy (non-hydrogen) atoms. The van der Waals surface area contributed by atoms with E-state index < -0.39 is 5.41 Å². The zero-order valence-corrected chi connectivity index (χ0v) is 21.3. The maximum atomic E-state index is 5.20. The van der Waals surface area contributed by atoms with Gasteiger partial charge in [-0.3, -0.25) is 9.97 Å². The molecule has 0 amide bonds. The molecule has 0 saturated heterocycles. The highest BCUT2D eigenvalue weighted by molar-refractivity contribution is 6.96. The van der Waals surface area contributed by atoms with E-state index in [1.54, 1.807) is 0 Å². The van der Waals surface area contributed by atoms with Gasteiger partial charge < -0.3 is 4.90 Å². The van der Waals surface area contributed by atoms with Crippen molar-refractivity contribution in [1.29, 1.82) is 0 Å². The first-order chi connectivity index (χ1) is 19.4. The lowest BCUT2D eigenvalue weighted by atomic mass is 9.31. The van der Waals surface area contributed by atoms with E-state index in [2.05, 4.69) is 137 Å². The minimum Gasteiger partial charge on any atom is -0.308 e. The van der Waals surface area contributed by atoms with E-state index in [1.807, 2.05) is 18.5 Å². The van der Waals surface area contributed by atoms with Crippen molar-refractivity contribution in [2.75, 3.05) is 4.90 Å². The van der Waals surface area contributed by atoms with Crippen molar-refractivity contribution in [2.24, 2.45) is 0 Å². The summed E-state index contributed by atoms with van der Waals surface area (Å²) in [6.07, 6.45) is 5.94. The minimum absolute atomic E-state index is 0.0863. The van der Waals surface area contributed by atoms with Crippen LogP contribution < -0.4 is 21.3 Å². The number of rotatable bonds is 2. The number of anilines is 3. The second-order valence-corrected chi connectivity index (χ2v) is 10.2. The first-order valence-electron chi connectivity index (χ1n) is 13.4. The van der Waals surface area contributed by atoms with Gasteiger partial charge in [-0.15, -0.1) is 0 Å². The van der Waals surface area contributed by atoms with Gasteiger partial charge in [-0.1, -0.05) is 102 Å². The summed E-state index contributed by atoms with van der Waals surface area (Å²) in [7, 11) is 0. The molecule has 1 atom stereocenters. The highest BCUT2D eigenvalue weighted by atomic mass is 15.2. The molecule has 182 valence electrons. The van der Waals surface area contributed by atoms with Crippen LogP contribution in [-0.2, 0) is 5.41 Å². The van der Waals surface area contributed by atoms with Crippen LogP contribution in [0.3, 0.4) is 0 Å². The van der Waals surface area contributed by atoms with Crippen LogP contribution in [0.5, 0.6) is 0 Å². The quantitative estimate of drug-likeness (QED) is 0.297. The topological polar surface area (TPSA) is 29.0 Å². The second-order valence-electron chi connectivity index (χ2n) is 10.2. The molecule has 2 aromatic heterocycles. The third-order valence-corrected chi connectivity index (χ3v) is 8.32. The Balaban J connectivity index is 1.53. The fraction of sp³-hybridized carbons (Fsp3) is 0.0286. The largest absolute Gasteiger partial charge is 0.308 e. The fourth-order valence-corrected chi connectivity index (χ4v) is 6.90. The summed E-state index contributed by atoms with van der Waals surface area (Å²) in [5, 5.41) is 0. The van der Waals surface area contributed by atoms with Crippen molar-refractivity contribution in [3.05, 3.63) is 168 Å². The number of hydrogen-bond acceptors (Lipinski definition) is 3. The van der Waals surface area contributed by atoms with E-state index in [-0.39, 0.29) is 6.71 Å². The lowest BCUT2D eigenvalue weighted by Gasteiger charge is -2.49. The smallest absolute Gasteiger partial charge is 0.244 e.